The van der Waals surface area contributed by atoms with E-state index in [0.29, 0.717) is 10.5 Å². The molecular formula is C13H14N2OS2. The molecule has 1 aromatic heterocycles. The Labute approximate surface area is 116 Å². The van der Waals surface area contributed by atoms with Crippen LogP contribution in [0.25, 0.3) is 0 Å². The first-order valence-electron chi connectivity index (χ1n) is 5.51. The molecule has 18 heavy (non-hydrogen) atoms. The Bertz CT molecular complexity index is 550. The Hall–Kier alpha value is -1.33. The minimum Gasteiger partial charge on any atom is -0.341 e. The van der Waals surface area contributed by atoms with E-state index in [0.717, 1.165) is 5.01 Å². The molecule has 0 unspecified atom stereocenters. The van der Waals surface area contributed by atoms with E-state index in [1.165, 1.54) is 11.3 Å². The average Bonchev–Trinajstić information content (AvgIpc) is 2.82. The fourth-order valence-corrected chi connectivity index (χ4v) is 2.58. The first-order valence-corrected chi connectivity index (χ1v) is 6.84. The van der Waals surface area contributed by atoms with Crippen molar-refractivity contribution in [2.24, 2.45) is 0 Å². The van der Waals surface area contributed by atoms with Gasteiger partial charge in [0.15, 0.2) is 0 Å². The summed E-state index contributed by atoms with van der Waals surface area (Å²) in [7, 11) is 0. The predicted octanol–water partition coefficient (Wildman–Crippen LogP) is 3.10. The van der Waals surface area contributed by atoms with Crippen LogP contribution in [0.2, 0.25) is 0 Å². The Morgan fingerprint density at radius 3 is 2.72 bits per heavy atom. The maximum Gasteiger partial charge on any atom is 0.253 e. The summed E-state index contributed by atoms with van der Waals surface area (Å²) in [5.74, 6) is -0.138. The molecule has 0 aliphatic heterocycles. The highest BCUT2D eigenvalue weighted by Gasteiger charge is 2.26. The van der Waals surface area contributed by atoms with Crippen molar-refractivity contribution in [3.8, 4) is 0 Å². The highest BCUT2D eigenvalue weighted by molar-refractivity contribution is 7.80. The van der Waals surface area contributed by atoms with Gasteiger partial charge in [0.1, 0.15) is 5.01 Å². The third-order valence-electron chi connectivity index (χ3n) is 2.54. The third kappa shape index (κ3) is 2.73. The number of hydrogen-bond acceptors (Lipinski definition) is 4. The summed E-state index contributed by atoms with van der Waals surface area (Å²) in [5, 5.41) is 5.76. The number of carbonyl (C=O) groups excluding carboxylic acids is 1. The van der Waals surface area contributed by atoms with Crippen molar-refractivity contribution in [1.82, 2.24) is 10.3 Å². The molecule has 0 aliphatic rings. The molecule has 0 saturated carbocycles. The van der Waals surface area contributed by atoms with E-state index < -0.39 is 5.54 Å². The summed E-state index contributed by atoms with van der Waals surface area (Å²) in [5.41, 5.74) is 0.0897. The van der Waals surface area contributed by atoms with Crippen molar-refractivity contribution in [1.29, 1.82) is 0 Å². The molecule has 3 nitrogen and oxygen atoms in total. The number of hydrogen-bond donors (Lipinski definition) is 2. The number of amides is 1. The smallest absolute Gasteiger partial charge is 0.253 e. The summed E-state index contributed by atoms with van der Waals surface area (Å²) < 4.78 is 0. The number of thiazole rings is 1. The van der Waals surface area contributed by atoms with Crippen LogP contribution in [-0.2, 0) is 5.54 Å². The van der Waals surface area contributed by atoms with Gasteiger partial charge in [0.2, 0.25) is 0 Å². The van der Waals surface area contributed by atoms with Gasteiger partial charge in [-0.2, -0.15) is 0 Å². The zero-order valence-electron chi connectivity index (χ0n) is 10.2. The van der Waals surface area contributed by atoms with Gasteiger partial charge in [-0.3, -0.25) is 4.79 Å². The Balaban J connectivity index is 2.20. The van der Waals surface area contributed by atoms with E-state index >= 15 is 0 Å². The van der Waals surface area contributed by atoms with Crippen LogP contribution in [0.15, 0.2) is 40.7 Å². The first-order chi connectivity index (χ1) is 8.50. The molecule has 94 valence electrons. The van der Waals surface area contributed by atoms with Crippen LogP contribution in [-0.4, -0.2) is 10.9 Å². The number of thiol groups is 1. The molecule has 0 saturated heterocycles. The second kappa shape index (κ2) is 5.12. The number of aromatic nitrogens is 1. The van der Waals surface area contributed by atoms with Crippen LogP contribution in [0.5, 0.6) is 0 Å². The van der Waals surface area contributed by atoms with Gasteiger partial charge in [0, 0.05) is 16.5 Å². The molecule has 1 amide bonds. The van der Waals surface area contributed by atoms with Gasteiger partial charge in [0.25, 0.3) is 5.91 Å². The Morgan fingerprint density at radius 1 is 1.39 bits per heavy atom. The lowest BCUT2D eigenvalue weighted by atomic mass is 10.1. The van der Waals surface area contributed by atoms with Crippen LogP contribution in [0, 0.1) is 0 Å². The molecule has 0 spiro atoms. The van der Waals surface area contributed by atoms with Crippen molar-refractivity contribution in [2.45, 2.75) is 24.3 Å². The number of benzene rings is 1. The van der Waals surface area contributed by atoms with E-state index in [1.54, 1.807) is 18.3 Å². The van der Waals surface area contributed by atoms with E-state index in [4.69, 9.17) is 0 Å². The molecule has 1 aromatic carbocycles. The molecule has 1 N–H and O–H groups in total. The van der Waals surface area contributed by atoms with Gasteiger partial charge >= 0.3 is 0 Å². The number of carbonyl (C=O) groups is 1. The molecule has 0 radical (unpaired) electrons. The van der Waals surface area contributed by atoms with Crippen molar-refractivity contribution >= 4 is 29.9 Å². The second-order valence-corrected chi connectivity index (χ2v) is 5.81. The van der Waals surface area contributed by atoms with Crippen molar-refractivity contribution in [3.05, 3.63) is 46.4 Å². The van der Waals surface area contributed by atoms with Gasteiger partial charge in [0.05, 0.1) is 11.1 Å². The van der Waals surface area contributed by atoms with E-state index in [2.05, 4.69) is 22.9 Å². The molecule has 0 aliphatic carbocycles. The normalized spacial score (nSPS) is 11.3. The highest BCUT2D eigenvalue weighted by atomic mass is 32.1. The van der Waals surface area contributed by atoms with Crippen molar-refractivity contribution in [2.75, 3.05) is 0 Å². The van der Waals surface area contributed by atoms with Crippen molar-refractivity contribution in [3.63, 3.8) is 0 Å². The minimum atomic E-state index is -0.485. The molecule has 0 bridgehead atoms. The van der Waals surface area contributed by atoms with Crippen LogP contribution >= 0.6 is 24.0 Å². The SMILES string of the molecule is CC(C)(NC(=O)c1ccccc1S)c1nccs1. The zero-order valence-corrected chi connectivity index (χ0v) is 11.9. The lowest BCUT2D eigenvalue weighted by Crippen LogP contribution is -2.41. The second-order valence-electron chi connectivity index (χ2n) is 4.43. The predicted molar refractivity (Wildman–Crippen MR) is 76.3 cm³/mol. The van der Waals surface area contributed by atoms with E-state index in [9.17, 15) is 4.79 Å². The lowest BCUT2D eigenvalue weighted by molar-refractivity contribution is 0.0909. The molecule has 1 heterocycles. The average molecular weight is 278 g/mol. The molecule has 0 fully saturated rings. The summed E-state index contributed by atoms with van der Waals surface area (Å²) in [6, 6.07) is 7.24. The van der Waals surface area contributed by atoms with Gasteiger partial charge in [-0.15, -0.1) is 24.0 Å². The molecule has 2 aromatic rings. The monoisotopic (exact) mass is 278 g/mol. The molecular weight excluding hydrogens is 264 g/mol. The van der Waals surface area contributed by atoms with E-state index in [1.807, 2.05) is 31.4 Å². The largest absolute Gasteiger partial charge is 0.341 e. The maximum absolute atomic E-state index is 12.2. The maximum atomic E-state index is 12.2. The van der Waals surface area contributed by atoms with Gasteiger partial charge in [-0.05, 0) is 26.0 Å². The fraction of sp³-hybridized carbons (Fsp3) is 0.231. The minimum absolute atomic E-state index is 0.138. The topological polar surface area (TPSA) is 42.0 Å². The fourth-order valence-electron chi connectivity index (χ4n) is 1.60. The quantitative estimate of drug-likeness (QED) is 0.847. The van der Waals surface area contributed by atoms with Crippen LogP contribution in [0.3, 0.4) is 0 Å². The van der Waals surface area contributed by atoms with Gasteiger partial charge in [-0.25, -0.2) is 4.98 Å². The Kier molecular flexibility index (Phi) is 3.73. The Morgan fingerprint density at radius 2 is 2.11 bits per heavy atom. The van der Waals surface area contributed by atoms with Crippen LogP contribution in [0.1, 0.15) is 29.2 Å². The van der Waals surface area contributed by atoms with Crippen LogP contribution in [0.4, 0.5) is 0 Å². The van der Waals surface area contributed by atoms with Gasteiger partial charge in [-0.1, -0.05) is 12.1 Å². The van der Waals surface area contributed by atoms with Gasteiger partial charge < -0.3 is 5.32 Å². The summed E-state index contributed by atoms with van der Waals surface area (Å²) in [6.07, 6.45) is 1.74. The summed E-state index contributed by atoms with van der Waals surface area (Å²) in [6.45, 7) is 3.87. The van der Waals surface area contributed by atoms with Crippen molar-refractivity contribution < 1.29 is 4.79 Å². The highest BCUT2D eigenvalue weighted by Crippen LogP contribution is 2.23. The zero-order chi connectivity index (χ0) is 13.2. The van der Waals surface area contributed by atoms with Crippen LogP contribution < -0.4 is 5.32 Å². The third-order valence-corrected chi connectivity index (χ3v) is 4.03. The number of nitrogens with one attached hydrogen (secondary N) is 1. The molecule has 2 rings (SSSR count). The van der Waals surface area contributed by atoms with E-state index in [-0.39, 0.29) is 5.91 Å². The molecule has 5 heteroatoms. The molecule has 0 atom stereocenters. The standard InChI is InChI=1S/C13H14N2OS2/c1-13(2,12-14-7-8-18-12)15-11(16)9-5-3-4-6-10(9)17/h3-8,17H,1-2H3,(H,15,16). The number of nitrogens with zero attached hydrogens (tertiary/aromatic N) is 1. The first kappa shape index (κ1) is 13.1. The summed E-state index contributed by atoms with van der Waals surface area (Å²) >= 11 is 5.81. The lowest BCUT2D eigenvalue weighted by Gasteiger charge is -2.24. The summed E-state index contributed by atoms with van der Waals surface area (Å²) in [4.78, 5) is 17.1. The number of rotatable bonds is 3.